The van der Waals surface area contributed by atoms with Crippen LogP contribution < -0.4 is 5.32 Å². The van der Waals surface area contributed by atoms with Gasteiger partial charge in [0.1, 0.15) is 5.69 Å². The van der Waals surface area contributed by atoms with Crippen molar-refractivity contribution in [2.45, 2.75) is 45.3 Å². The van der Waals surface area contributed by atoms with Crippen LogP contribution in [-0.4, -0.2) is 35.3 Å². The molecule has 0 saturated heterocycles. The third-order valence-electron chi connectivity index (χ3n) is 4.56. The number of ether oxygens (including phenoxy) is 1. The number of aryl methyl sites for hydroxylation is 1. The number of esters is 1. The Hall–Kier alpha value is -2.81. The molecule has 1 amide bonds. The maximum absolute atomic E-state index is 13.4. The van der Waals surface area contributed by atoms with Gasteiger partial charge in [-0.2, -0.15) is 13.2 Å². The molecule has 0 unspecified atom stereocenters. The Morgan fingerprint density at radius 2 is 1.90 bits per heavy atom. The van der Waals surface area contributed by atoms with Crippen molar-refractivity contribution in [1.82, 2.24) is 4.57 Å². The molecule has 6 nitrogen and oxygen atoms in total. The number of alkyl halides is 3. The summed E-state index contributed by atoms with van der Waals surface area (Å²) in [5.74, 6) is -1.30. The Labute approximate surface area is 172 Å². The summed E-state index contributed by atoms with van der Waals surface area (Å²) in [6.45, 7) is 3.71. The van der Waals surface area contributed by atoms with Crippen molar-refractivity contribution in [2.75, 3.05) is 19.0 Å². The number of hydrogen-bond donors (Lipinski definition) is 2. The number of carbonyl (C=O) groups is 2. The summed E-state index contributed by atoms with van der Waals surface area (Å²) >= 11 is 0. The van der Waals surface area contributed by atoms with Crippen LogP contribution in [0.3, 0.4) is 0 Å². The van der Waals surface area contributed by atoms with E-state index in [2.05, 4.69) is 10.1 Å². The van der Waals surface area contributed by atoms with Crippen LogP contribution >= 0.6 is 0 Å². The van der Waals surface area contributed by atoms with Crippen molar-refractivity contribution >= 4 is 17.6 Å². The van der Waals surface area contributed by atoms with Gasteiger partial charge in [-0.3, -0.25) is 9.59 Å². The molecule has 0 bridgehead atoms. The van der Waals surface area contributed by atoms with Gasteiger partial charge in [-0.05, 0) is 56.5 Å². The minimum atomic E-state index is -4.68. The van der Waals surface area contributed by atoms with Crippen molar-refractivity contribution in [1.29, 1.82) is 0 Å². The molecule has 1 aromatic carbocycles. The largest absolute Gasteiger partial charge is 0.469 e. The average Bonchev–Trinajstić information content (AvgIpc) is 3.09. The van der Waals surface area contributed by atoms with E-state index in [1.54, 1.807) is 16.7 Å². The minimum absolute atomic E-state index is 0.00721. The van der Waals surface area contributed by atoms with Gasteiger partial charge in [-0.25, -0.2) is 0 Å². The predicted molar refractivity (Wildman–Crippen MR) is 105 cm³/mol. The van der Waals surface area contributed by atoms with Crippen LogP contribution in [-0.2, 0) is 28.5 Å². The zero-order valence-corrected chi connectivity index (χ0v) is 17.0. The van der Waals surface area contributed by atoms with Crippen molar-refractivity contribution in [3.8, 4) is 0 Å². The lowest BCUT2D eigenvalue weighted by Crippen LogP contribution is -2.22. The molecule has 0 fully saturated rings. The van der Waals surface area contributed by atoms with Crippen LogP contribution in [0.25, 0.3) is 0 Å². The normalized spacial score (nSPS) is 11.6. The van der Waals surface area contributed by atoms with E-state index in [-0.39, 0.29) is 30.3 Å². The number of aliphatic hydroxyl groups excluding tert-OH is 1. The first-order valence-corrected chi connectivity index (χ1v) is 9.47. The second-order valence-electron chi connectivity index (χ2n) is 7.09. The molecule has 0 aliphatic carbocycles. The minimum Gasteiger partial charge on any atom is -0.469 e. The Bertz CT molecular complexity index is 904. The number of aliphatic hydroxyl groups is 1. The number of amides is 1. The molecule has 0 spiro atoms. The Balaban J connectivity index is 2.40. The van der Waals surface area contributed by atoms with Gasteiger partial charge in [0.2, 0.25) is 0 Å². The lowest BCUT2D eigenvalue weighted by Gasteiger charge is -2.19. The first kappa shape index (κ1) is 23.5. The molecule has 0 saturated carbocycles. The van der Waals surface area contributed by atoms with Crippen molar-refractivity contribution in [3.05, 3.63) is 52.8 Å². The monoisotopic (exact) mass is 426 g/mol. The number of aromatic nitrogens is 1. The number of halogens is 3. The fourth-order valence-corrected chi connectivity index (χ4v) is 3.23. The highest BCUT2D eigenvalue weighted by atomic mass is 19.4. The molecule has 30 heavy (non-hydrogen) atoms. The molecule has 0 aliphatic heterocycles. The van der Waals surface area contributed by atoms with Crippen LogP contribution in [0.2, 0.25) is 0 Å². The number of anilines is 1. The molecular weight excluding hydrogens is 401 g/mol. The van der Waals surface area contributed by atoms with Gasteiger partial charge in [0.25, 0.3) is 5.91 Å². The summed E-state index contributed by atoms with van der Waals surface area (Å²) < 4.78 is 46.6. The van der Waals surface area contributed by atoms with Crippen LogP contribution in [0.15, 0.2) is 30.3 Å². The lowest BCUT2D eigenvalue weighted by atomic mass is 10.1. The Morgan fingerprint density at radius 1 is 1.20 bits per heavy atom. The zero-order chi connectivity index (χ0) is 22.5. The highest BCUT2D eigenvalue weighted by Gasteiger charge is 2.34. The van der Waals surface area contributed by atoms with Crippen LogP contribution in [0, 0.1) is 0 Å². The number of rotatable bonds is 8. The summed E-state index contributed by atoms with van der Waals surface area (Å²) in [6, 6.07) is 6.31. The maximum atomic E-state index is 13.4. The van der Waals surface area contributed by atoms with Gasteiger partial charge in [0.05, 0.1) is 24.8 Å². The zero-order valence-electron chi connectivity index (χ0n) is 17.0. The van der Waals surface area contributed by atoms with Crippen LogP contribution in [0.4, 0.5) is 18.9 Å². The average molecular weight is 426 g/mol. The van der Waals surface area contributed by atoms with E-state index in [1.807, 2.05) is 13.8 Å². The van der Waals surface area contributed by atoms with Gasteiger partial charge >= 0.3 is 12.1 Å². The molecule has 1 heterocycles. The summed E-state index contributed by atoms with van der Waals surface area (Å²) in [4.78, 5) is 24.3. The Kier molecular flexibility index (Phi) is 7.66. The summed E-state index contributed by atoms with van der Waals surface area (Å²) in [5, 5.41) is 11.4. The highest BCUT2D eigenvalue weighted by Crippen LogP contribution is 2.36. The van der Waals surface area contributed by atoms with Crippen molar-refractivity contribution in [2.24, 2.45) is 0 Å². The summed E-state index contributed by atoms with van der Waals surface area (Å²) in [5.41, 5.74) is -0.132. The maximum Gasteiger partial charge on any atom is 0.418 e. The number of nitrogens with zero attached hydrogens (tertiary/aromatic N) is 1. The van der Waals surface area contributed by atoms with Gasteiger partial charge in [0.15, 0.2) is 0 Å². The standard InChI is InChI=1S/C21H25F3N2O4/c1-13(2)26-15(5-4-10-27)7-9-18(26)20(29)25-17-11-14(12-19(28)30-3)6-8-16(17)21(22,23)24/h6-9,11,13,27H,4-5,10,12H2,1-3H3,(H,25,29). The lowest BCUT2D eigenvalue weighted by molar-refractivity contribution is -0.139. The number of carbonyl (C=O) groups excluding carboxylic acids is 2. The summed E-state index contributed by atoms with van der Waals surface area (Å²) in [6.07, 6.45) is -3.86. The third-order valence-corrected chi connectivity index (χ3v) is 4.56. The van der Waals surface area contributed by atoms with E-state index in [0.29, 0.717) is 12.8 Å². The molecular formula is C21H25F3N2O4. The highest BCUT2D eigenvalue weighted by molar-refractivity contribution is 6.04. The molecule has 0 aliphatic rings. The Morgan fingerprint density at radius 3 is 2.47 bits per heavy atom. The molecule has 0 radical (unpaired) electrons. The first-order valence-electron chi connectivity index (χ1n) is 9.47. The summed E-state index contributed by atoms with van der Waals surface area (Å²) in [7, 11) is 1.18. The van der Waals surface area contributed by atoms with E-state index in [9.17, 15) is 22.8 Å². The fourth-order valence-electron chi connectivity index (χ4n) is 3.23. The predicted octanol–water partition coefficient (Wildman–Crippen LogP) is 3.98. The van der Waals surface area contributed by atoms with Crippen LogP contribution in [0.5, 0.6) is 0 Å². The number of benzene rings is 1. The number of nitrogens with one attached hydrogen (secondary N) is 1. The second kappa shape index (κ2) is 9.80. The van der Waals surface area contributed by atoms with Gasteiger partial charge in [0, 0.05) is 18.3 Å². The molecule has 2 rings (SSSR count). The molecule has 9 heteroatoms. The third kappa shape index (κ3) is 5.63. The SMILES string of the molecule is COC(=O)Cc1ccc(C(F)(F)F)c(NC(=O)c2ccc(CCCO)n2C(C)C)c1. The fraction of sp³-hybridized carbons (Fsp3) is 0.429. The number of hydrogen-bond acceptors (Lipinski definition) is 4. The van der Waals surface area contributed by atoms with Gasteiger partial charge in [-0.1, -0.05) is 6.07 Å². The first-order chi connectivity index (χ1) is 14.1. The van der Waals surface area contributed by atoms with Gasteiger partial charge in [-0.15, -0.1) is 0 Å². The molecule has 2 aromatic rings. The topological polar surface area (TPSA) is 80.6 Å². The molecule has 1 aromatic heterocycles. The van der Waals surface area contributed by atoms with Crippen molar-refractivity contribution in [3.63, 3.8) is 0 Å². The quantitative estimate of drug-likeness (QED) is 0.626. The molecule has 2 N–H and O–H groups in total. The van der Waals surface area contributed by atoms with E-state index in [4.69, 9.17) is 5.11 Å². The van der Waals surface area contributed by atoms with Crippen molar-refractivity contribution < 1.29 is 32.6 Å². The van der Waals surface area contributed by atoms with Gasteiger partial charge < -0.3 is 19.7 Å². The molecule has 164 valence electrons. The number of methoxy groups -OCH3 is 1. The van der Waals surface area contributed by atoms with E-state index in [0.717, 1.165) is 17.8 Å². The second-order valence-corrected chi connectivity index (χ2v) is 7.09. The molecule has 0 atom stereocenters. The van der Waals surface area contributed by atoms with E-state index in [1.165, 1.54) is 13.2 Å². The van der Waals surface area contributed by atoms with E-state index >= 15 is 0 Å². The smallest absolute Gasteiger partial charge is 0.418 e. The van der Waals surface area contributed by atoms with Crippen LogP contribution in [0.1, 0.15) is 53.6 Å². The van der Waals surface area contributed by atoms with E-state index < -0.39 is 29.3 Å².